The first-order valence-electron chi connectivity index (χ1n) is 7.70. The summed E-state index contributed by atoms with van der Waals surface area (Å²) in [5.74, 6) is 1.34. The SMILES string of the molecule is CN1CCN=C1NCCN1C(=O)C2C3C=CC(C3)C2C1=O.I. The normalized spacial score (nSPS) is 35.0. The molecule has 0 radical (unpaired) electrons. The van der Waals surface area contributed by atoms with Gasteiger partial charge in [-0.1, -0.05) is 12.2 Å². The van der Waals surface area contributed by atoms with Crippen molar-refractivity contribution in [3.63, 3.8) is 0 Å². The van der Waals surface area contributed by atoms with Crippen molar-refractivity contribution >= 4 is 41.8 Å². The van der Waals surface area contributed by atoms with E-state index in [0.29, 0.717) is 24.9 Å². The van der Waals surface area contributed by atoms with Gasteiger partial charge in [0.25, 0.3) is 0 Å². The van der Waals surface area contributed by atoms with Gasteiger partial charge >= 0.3 is 0 Å². The molecule has 4 aliphatic rings. The molecule has 2 fully saturated rings. The second-order valence-electron chi connectivity index (χ2n) is 6.38. The van der Waals surface area contributed by atoms with Crippen molar-refractivity contribution in [1.29, 1.82) is 0 Å². The summed E-state index contributed by atoms with van der Waals surface area (Å²) in [6, 6.07) is 0. The van der Waals surface area contributed by atoms with Crippen LogP contribution in [0.25, 0.3) is 0 Å². The zero-order valence-electron chi connectivity index (χ0n) is 12.6. The lowest BCUT2D eigenvalue weighted by Crippen LogP contribution is -2.42. The fraction of sp³-hybridized carbons (Fsp3) is 0.667. The molecule has 1 saturated heterocycles. The van der Waals surface area contributed by atoms with Crippen LogP contribution in [0, 0.1) is 23.7 Å². The van der Waals surface area contributed by atoms with Gasteiger partial charge in [-0.25, -0.2) is 0 Å². The zero-order valence-corrected chi connectivity index (χ0v) is 14.9. The van der Waals surface area contributed by atoms with Gasteiger partial charge in [-0.2, -0.15) is 0 Å². The molecule has 4 rings (SSSR count). The molecular formula is C15H21IN4O2. The molecule has 0 spiro atoms. The van der Waals surface area contributed by atoms with Crippen molar-refractivity contribution in [1.82, 2.24) is 15.1 Å². The number of likely N-dealkylation sites (tertiary alicyclic amines) is 1. The van der Waals surface area contributed by atoms with Crippen LogP contribution in [-0.4, -0.2) is 60.8 Å². The summed E-state index contributed by atoms with van der Waals surface area (Å²) in [5.41, 5.74) is 0. The van der Waals surface area contributed by atoms with E-state index in [2.05, 4.69) is 22.5 Å². The van der Waals surface area contributed by atoms with Crippen LogP contribution in [0.3, 0.4) is 0 Å². The van der Waals surface area contributed by atoms with Crippen molar-refractivity contribution in [3.8, 4) is 0 Å². The summed E-state index contributed by atoms with van der Waals surface area (Å²) in [6.07, 6.45) is 5.24. The number of amides is 2. The minimum Gasteiger partial charge on any atom is -0.354 e. The lowest BCUT2D eigenvalue weighted by molar-refractivity contribution is -0.140. The molecule has 2 heterocycles. The van der Waals surface area contributed by atoms with E-state index in [1.807, 2.05) is 11.9 Å². The van der Waals surface area contributed by atoms with Crippen LogP contribution in [-0.2, 0) is 9.59 Å². The third-order valence-electron chi connectivity index (χ3n) is 5.24. The quantitative estimate of drug-likeness (QED) is 0.409. The Morgan fingerprint density at radius 2 is 1.86 bits per heavy atom. The monoisotopic (exact) mass is 416 g/mol. The van der Waals surface area contributed by atoms with Crippen LogP contribution in [0.15, 0.2) is 17.1 Å². The van der Waals surface area contributed by atoms with Crippen LogP contribution in [0.2, 0.25) is 0 Å². The Balaban J connectivity index is 0.00000144. The molecule has 4 atom stereocenters. The number of nitrogens with zero attached hydrogens (tertiary/aromatic N) is 3. The van der Waals surface area contributed by atoms with Crippen molar-refractivity contribution < 1.29 is 9.59 Å². The molecule has 2 amide bonds. The number of fused-ring (bicyclic) bond motifs is 5. The maximum Gasteiger partial charge on any atom is 0.233 e. The van der Waals surface area contributed by atoms with E-state index in [1.165, 1.54) is 4.90 Å². The van der Waals surface area contributed by atoms with Crippen molar-refractivity contribution in [3.05, 3.63) is 12.2 Å². The van der Waals surface area contributed by atoms with Crippen LogP contribution >= 0.6 is 24.0 Å². The van der Waals surface area contributed by atoms with Gasteiger partial charge in [-0.05, 0) is 18.3 Å². The molecule has 2 aliphatic heterocycles. The van der Waals surface area contributed by atoms with Gasteiger partial charge in [0.05, 0.1) is 18.4 Å². The first-order valence-corrected chi connectivity index (χ1v) is 7.70. The predicted molar refractivity (Wildman–Crippen MR) is 92.8 cm³/mol. The summed E-state index contributed by atoms with van der Waals surface area (Å²) in [7, 11) is 1.98. The van der Waals surface area contributed by atoms with Gasteiger partial charge in [0, 0.05) is 26.7 Å². The highest BCUT2D eigenvalue weighted by Gasteiger charge is 2.58. The van der Waals surface area contributed by atoms with Crippen molar-refractivity contribution in [2.75, 3.05) is 33.2 Å². The lowest BCUT2D eigenvalue weighted by Gasteiger charge is -2.19. The Morgan fingerprint density at radius 1 is 1.23 bits per heavy atom. The van der Waals surface area contributed by atoms with E-state index in [0.717, 1.165) is 25.5 Å². The molecule has 1 saturated carbocycles. The molecule has 0 aromatic rings. The zero-order chi connectivity index (χ0) is 14.6. The predicted octanol–water partition coefficient (Wildman–Crippen LogP) is 0.302. The third kappa shape index (κ3) is 2.24. The van der Waals surface area contributed by atoms with Crippen LogP contribution in [0.4, 0.5) is 0 Å². The Hall–Kier alpha value is -1.12. The number of halogens is 1. The fourth-order valence-electron chi connectivity index (χ4n) is 4.19. The average Bonchev–Trinajstić information content (AvgIpc) is 3.20. The molecule has 2 aliphatic carbocycles. The summed E-state index contributed by atoms with van der Waals surface area (Å²) in [6.45, 7) is 2.74. The molecule has 0 aromatic carbocycles. The highest BCUT2D eigenvalue weighted by molar-refractivity contribution is 14.0. The number of carbonyl (C=O) groups is 2. The van der Waals surface area contributed by atoms with E-state index in [-0.39, 0.29) is 47.6 Å². The second-order valence-corrected chi connectivity index (χ2v) is 6.38. The van der Waals surface area contributed by atoms with Crippen molar-refractivity contribution in [2.24, 2.45) is 28.7 Å². The number of guanidine groups is 1. The number of aliphatic imine (C=N–C) groups is 1. The highest BCUT2D eigenvalue weighted by atomic mass is 127. The summed E-state index contributed by atoms with van der Waals surface area (Å²) in [4.78, 5) is 32.8. The number of hydrogen-bond donors (Lipinski definition) is 1. The van der Waals surface area contributed by atoms with E-state index in [4.69, 9.17) is 0 Å². The van der Waals surface area contributed by atoms with E-state index < -0.39 is 0 Å². The number of imide groups is 1. The lowest BCUT2D eigenvalue weighted by atomic mass is 9.85. The molecule has 7 heteroatoms. The maximum absolute atomic E-state index is 12.5. The number of rotatable bonds is 3. The number of allylic oxidation sites excluding steroid dienone is 2. The second kappa shape index (κ2) is 5.82. The molecule has 0 aromatic heterocycles. The Kier molecular flexibility index (Phi) is 4.17. The summed E-state index contributed by atoms with van der Waals surface area (Å²) < 4.78 is 0. The number of nitrogens with one attached hydrogen (secondary N) is 1. The molecule has 1 N–H and O–H groups in total. The Bertz CT molecular complexity index is 532. The van der Waals surface area contributed by atoms with E-state index in [1.54, 1.807) is 0 Å². The largest absolute Gasteiger partial charge is 0.354 e. The standard InChI is InChI=1S/C15H20N4O2.HI/c1-18-6-4-16-15(18)17-5-7-19-13(20)11-9-2-3-10(8-9)12(11)14(19)21;/h2-3,9-12H,4-8H2,1H3,(H,16,17);1H. The van der Waals surface area contributed by atoms with Gasteiger partial charge in [0.15, 0.2) is 5.96 Å². The molecule has 120 valence electrons. The fourth-order valence-corrected chi connectivity index (χ4v) is 4.19. The van der Waals surface area contributed by atoms with Crippen molar-refractivity contribution in [2.45, 2.75) is 6.42 Å². The van der Waals surface area contributed by atoms with Gasteiger partial charge in [0.1, 0.15) is 0 Å². The summed E-state index contributed by atoms with van der Waals surface area (Å²) in [5, 5.41) is 3.22. The first kappa shape index (κ1) is 15.8. The van der Waals surface area contributed by atoms with E-state index in [9.17, 15) is 9.59 Å². The third-order valence-corrected chi connectivity index (χ3v) is 5.24. The Labute approximate surface area is 147 Å². The first-order chi connectivity index (χ1) is 10.2. The minimum absolute atomic E-state index is 0. The molecule has 4 unspecified atom stereocenters. The smallest absolute Gasteiger partial charge is 0.233 e. The molecule has 2 bridgehead atoms. The average molecular weight is 416 g/mol. The number of likely N-dealkylation sites (N-methyl/N-ethyl adjacent to an activating group) is 1. The van der Waals surface area contributed by atoms with Gasteiger partial charge < -0.3 is 10.2 Å². The van der Waals surface area contributed by atoms with Crippen LogP contribution in [0.1, 0.15) is 6.42 Å². The number of hydrogen-bond acceptors (Lipinski definition) is 5. The highest BCUT2D eigenvalue weighted by Crippen LogP contribution is 2.52. The van der Waals surface area contributed by atoms with Crippen LogP contribution in [0.5, 0.6) is 0 Å². The molecule has 22 heavy (non-hydrogen) atoms. The Morgan fingerprint density at radius 3 is 2.41 bits per heavy atom. The van der Waals surface area contributed by atoms with Gasteiger partial charge in [-0.3, -0.25) is 19.5 Å². The number of carbonyl (C=O) groups excluding carboxylic acids is 2. The maximum atomic E-state index is 12.5. The van der Waals surface area contributed by atoms with Gasteiger partial charge in [-0.15, -0.1) is 24.0 Å². The molecule has 6 nitrogen and oxygen atoms in total. The topological polar surface area (TPSA) is 65.0 Å². The summed E-state index contributed by atoms with van der Waals surface area (Å²) >= 11 is 0. The molecular weight excluding hydrogens is 395 g/mol. The van der Waals surface area contributed by atoms with E-state index >= 15 is 0 Å². The van der Waals surface area contributed by atoms with Crippen LogP contribution < -0.4 is 5.32 Å². The van der Waals surface area contributed by atoms with Gasteiger partial charge in [0.2, 0.25) is 11.8 Å². The minimum atomic E-state index is -0.0843.